The van der Waals surface area contributed by atoms with Crippen molar-refractivity contribution in [2.75, 3.05) is 19.7 Å². The van der Waals surface area contributed by atoms with Crippen LogP contribution in [-0.4, -0.2) is 53.3 Å². The smallest absolute Gasteiger partial charge is 0.264 e. The lowest BCUT2D eigenvalue weighted by Crippen LogP contribution is -2.39. The minimum Gasteiger partial charge on any atom is -0.356 e. The fourth-order valence-electron chi connectivity index (χ4n) is 3.17. The van der Waals surface area contributed by atoms with Gasteiger partial charge in [-0.05, 0) is 51.8 Å². The summed E-state index contributed by atoms with van der Waals surface area (Å²) >= 11 is 0. The third-order valence-corrected chi connectivity index (χ3v) is 4.80. The summed E-state index contributed by atoms with van der Waals surface area (Å²) in [6.07, 6.45) is 6.92. The van der Waals surface area contributed by atoms with Crippen LogP contribution in [0.5, 0.6) is 0 Å². The SMILES string of the molecule is CC(C)N1CCC(COC2CC=C(c3ccc(=O)[nH]n3)C=N2)CC1. The van der Waals surface area contributed by atoms with Crippen molar-refractivity contribution < 1.29 is 4.74 Å². The van der Waals surface area contributed by atoms with E-state index in [2.05, 4.69) is 40.0 Å². The van der Waals surface area contributed by atoms with E-state index in [9.17, 15) is 4.79 Å². The summed E-state index contributed by atoms with van der Waals surface area (Å²) in [4.78, 5) is 18.1. The normalized spacial score (nSPS) is 22.8. The molecular formula is C18H26N4O2. The second-order valence-electron chi connectivity index (χ2n) is 6.84. The minimum absolute atomic E-state index is 0.0976. The van der Waals surface area contributed by atoms with Gasteiger partial charge in [-0.15, -0.1) is 0 Å². The van der Waals surface area contributed by atoms with Crippen molar-refractivity contribution >= 4 is 11.8 Å². The Morgan fingerprint density at radius 3 is 2.71 bits per heavy atom. The van der Waals surface area contributed by atoms with Crippen LogP contribution in [0.3, 0.4) is 0 Å². The third kappa shape index (κ3) is 4.39. The van der Waals surface area contributed by atoms with Gasteiger partial charge in [-0.3, -0.25) is 9.79 Å². The van der Waals surface area contributed by atoms with Crippen molar-refractivity contribution in [3.8, 4) is 0 Å². The number of nitrogens with one attached hydrogen (secondary N) is 1. The van der Waals surface area contributed by atoms with Crippen LogP contribution in [0.2, 0.25) is 0 Å². The Hall–Kier alpha value is -1.79. The second-order valence-corrected chi connectivity index (χ2v) is 6.84. The van der Waals surface area contributed by atoms with Gasteiger partial charge in [0, 0.05) is 30.3 Å². The van der Waals surface area contributed by atoms with Crippen LogP contribution in [0.25, 0.3) is 5.57 Å². The van der Waals surface area contributed by atoms with E-state index in [0.717, 1.165) is 24.3 Å². The first-order chi connectivity index (χ1) is 11.6. The average Bonchev–Trinajstić information content (AvgIpc) is 2.61. The van der Waals surface area contributed by atoms with E-state index < -0.39 is 0 Å². The predicted octanol–water partition coefficient (Wildman–Crippen LogP) is 2.09. The molecule has 130 valence electrons. The molecule has 3 rings (SSSR count). The number of H-pyrrole nitrogens is 1. The lowest BCUT2D eigenvalue weighted by atomic mass is 9.97. The number of ether oxygens (including phenoxy) is 1. The number of aromatic amines is 1. The first-order valence-electron chi connectivity index (χ1n) is 8.77. The van der Waals surface area contributed by atoms with Gasteiger partial charge in [0.25, 0.3) is 5.56 Å². The average molecular weight is 330 g/mol. The molecule has 0 radical (unpaired) electrons. The van der Waals surface area contributed by atoms with Crippen molar-refractivity contribution in [1.29, 1.82) is 0 Å². The zero-order valence-corrected chi connectivity index (χ0v) is 14.4. The summed E-state index contributed by atoms with van der Waals surface area (Å²) < 4.78 is 5.98. The number of nitrogens with zero attached hydrogens (tertiary/aromatic N) is 3. The maximum atomic E-state index is 11.1. The predicted molar refractivity (Wildman–Crippen MR) is 95.1 cm³/mol. The van der Waals surface area contributed by atoms with E-state index in [1.54, 1.807) is 12.3 Å². The number of piperidine rings is 1. The second kappa shape index (κ2) is 7.85. The molecule has 1 unspecified atom stereocenters. The Kier molecular flexibility index (Phi) is 5.58. The monoisotopic (exact) mass is 330 g/mol. The molecule has 0 aliphatic carbocycles. The number of aromatic nitrogens is 2. The molecule has 0 saturated carbocycles. The van der Waals surface area contributed by atoms with Crippen molar-refractivity contribution in [3.05, 3.63) is 34.3 Å². The highest BCUT2D eigenvalue weighted by Gasteiger charge is 2.22. The summed E-state index contributed by atoms with van der Waals surface area (Å²) in [5.74, 6) is 0.640. The molecule has 24 heavy (non-hydrogen) atoms. The molecule has 0 aromatic carbocycles. The van der Waals surface area contributed by atoms with Crippen LogP contribution >= 0.6 is 0 Å². The topological polar surface area (TPSA) is 70.6 Å². The van der Waals surface area contributed by atoms with E-state index in [1.807, 2.05) is 0 Å². The van der Waals surface area contributed by atoms with Gasteiger partial charge < -0.3 is 9.64 Å². The molecule has 1 aromatic heterocycles. The maximum Gasteiger partial charge on any atom is 0.264 e. The largest absolute Gasteiger partial charge is 0.356 e. The van der Waals surface area contributed by atoms with Gasteiger partial charge in [-0.1, -0.05) is 6.08 Å². The maximum absolute atomic E-state index is 11.1. The zero-order chi connectivity index (χ0) is 16.9. The van der Waals surface area contributed by atoms with Gasteiger partial charge in [-0.25, -0.2) is 5.10 Å². The van der Waals surface area contributed by atoms with E-state index in [4.69, 9.17) is 4.74 Å². The number of aliphatic imine (C=N–C) groups is 1. The zero-order valence-electron chi connectivity index (χ0n) is 14.4. The fourth-order valence-corrected chi connectivity index (χ4v) is 3.17. The molecule has 1 fully saturated rings. The Bertz CT molecular complexity index is 637. The van der Waals surface area contributed by atoms with Crippen molar-refractivity contribution in [2.24, 2.45) is 10.9 Å². The molecule has 0 bridgehead atoms. The van der Waals surface area contributed by atoms with Gasteiger partial charge in [0.15, 0.2) is 6.23 Å². The quantitative estimate of drug-likeness (QED) is 0.897. The lowest BCUT2D eigenvalue weighted by Gasteiger charge is -2.34. The van der Waals surface area contributed by atoms with Crippen molar-refractivity contribution in [3.63, 3.8) is 0 Å². The van der Waals surface area contributed by atoms with E-state index in [-0.39, 0.29) is 11.8 Å². The Labute approximate surface area is 142 Å². The Morgan fingerprint density at radius 2 is 2.12 bits per heavy atom. The molecule has 3 heterocycles. The van der Waals surface area contributed by atoms with E-state index in [1.165, 1.54) is 32.0 Å². The molecule has 0 amide bonds. The number of allylic oxidation sites excluding steroid dienone is 1. The number of hydrogen-bond acceptors (Lipinski definition) is 5. The summed E-state index contributed by atoms with van der Waals surface area (Å²) in [6, 6.07) is 3.82. The van der Waals surface area contributed by atoms with Gasteiger partial charge in [0.2, 0.25) is 0 Å². The molecule has 2 aliphatic heterocycles. The van der Waals surface area contributed by atoms with Crippen LogP contribution < -0.4 is 5.56 Å². The Balaban J connectivity index is 1.44. The first kappa shape index (κ1) is 17.0. The van der Waals surface area contributed by atoms with E-state index in [0.29, 0.717) is 12.0 Å². The molecular weight excluding hydrogens is 304 g/mol. The summed E-state index contributed by atoms with van der Waals surface area (Å²) in [5.41, 5.74) is 1.46. The van der Waals surface area contributed by atoms with Crippen LogP contribution in [0.15, 0.2) is 28.0 Å². The fraction of sp³-hybridized carbons (Fsp3) is 0.611. The highest BCUT2D eigenvalue weighted by Crippen LogP contribution is 2.22. The van der Waals surface area contributed by atoms with Gasteiger partial charge in [0.1, 0.15) is 0 Å². The molecule has 1 N–H and O–H groups in total. The summed E-state index contributed by atoms with van der Waals surface area (Å²) in [6.45, 7) is 7.64. The first-order valence-corrected chi connectivity index (χ1v) is 8.77. The number of rotatable bonds is 5. The third-order valence-electron chi connectivity index (χ3n) is 4.80. The summed E-state index contributed by atoms with van der Waals surface area (Å²) in [5, 5.41) is 6.47. The Morgan fingerprint density at radius 1 is 1.33 bits per heavy atom. The highest BCUT2D eigenvalue weighted by atomic mass is 16.5. The van der Waals surface area contributed by atoms with Gasteiger partial charge in [0.05, 0.1) is 12.3 Å². The summed E-state index contributed by atoms with van der Waals surface area (Å²) in [7, 11) is 0. The lowest BCUT2D eigenvalue weighted by molar-refractivity contribution is 0.0152. The number of dihydropyridines is 1. The number of hydrogen-bond donors (Lipinski definition) is 1. The molecule has 1 aromatic rings. The highest BCUT2D eigenvalue weighted by molar-refractivity contribution is 6.09. The molecule has 6 nitrogen and oxygen atoms in total. The van der Waals surface area contributed by atoms with Crippen molar-refractivity contribution in [2.45, 2.75) is 45.4 Å². The van der Waals surface area contributed by atoms with Crippen LogP contribution in [-0.2, 0) is 4.74 Å². The molecule has 0 spiro atoms. The van der Waals surface area contributed by atoms with Crippen LogP contribution in [0.4, 0.5) is 0 Å². The molecule has 6 heteroatoms. The van der Waals surface area contributed by atoms with Crippen LogP contribution in [0.1, 0.15) is 38.8 Å². The molecule has 2 aliphatic rings. The molecule has 1 atom stereocenters. The standard InChI is InChI=1S/C18H26N4O2/c1-13(2)22-9-7-14(8-10-22)12-24-18-6-3-15(11-19-18)16-4-5-17(23)21-20-16/h3-5,11,13-14,18H,6-10,12H2,1-2H3,(H,21,23). The minimum atomic E-state index is -0.197. The van der Waals surface area contributed by atoms with E-state index >= 15 is 0 Å². The van der Waals surface area contributed by atoms with Gasteiger partial charge >= 0.3 is 0 Å². The van der Waals surface area contributed by atoms with Gasteiger partial charge in [-0.2, -0.15) is 5.10 Å². The molecule has 1 saturated heterocycles. The van der Waals surface area contributed by atoms with Crippen molar-refractivity contribution in [1.82, 2.24) is 15.1 Å². The number of likely N-dealkylation sites (tertiary alicyclic amines) is 1. The van der Waals surface area contributed by atoms with Crippen LogP contribution in [0, 0.1) is 5.92 Å².